The number of hydrogen-bond acceptors (Lipinski definition) is 5. The molecule has 2 fully saturated rings. The zero-order valence-corrected chi connectivity index (χ0v) is 12.7. The maximum Gasteiger partial charge on any atom is 0.217 e. The Kier molecular flexibility index (Phi) is 4.73. The molecule has 2 heterocycles. The summed E-state index contributed by atoms with van der Waals surface area (Å²) in [6, 6.07) is 9.59. The molecule has 1 aromatic carbocycles. The number of carbonyl (C=O) groups excluding carboxylic acids is 1. The first-order valence-electron chi connectivity index (χ1n) is 7.44. The number of rotatable bonds is 3. The van der Waals surface area contributed by atoms with E-state index < -0.39 is 6.29 Å². The van der Waals surface area contributed by atoms with E-state index in [2.05, 4.69) is 5.32 Å². The van der Waals surface area contributed by atoms with Crippen LogP contribution in [-0.4, -0.2) is 44.2 Å². The van der Waals surface area contributed by atoms with Crippen molar-refractivity contribution in [3.8, 4) is 0 Å². The average Bonchev–Trinajstić information content (AvgIpc) is 2.54. The van der Waals surface area contributed by atoms with Crippen LogP contribution in [0.2, 0.25) is 0 Å². The first-order chi connectivity index (χ1) is 10.7. The van der Waals surface area contributed by atoms with E-state index in [0.717, 1.165) is 5.56 Å². The molecule has 2 aliphatic heterocycles. The Bertz CT molecular complexity index is 509. The highest BCUT2D eigenvalue weighted by molar-refractivity contribution is 5.73. The topological polar surface area (TPSA) is 66.0 Å². The Morgan fingerprint density at radius 3 is 2.73 bits per heavy atom. The monoisotopic (exact) mass is 307 g/mol. The fourth-order valence-electron chi connectivity index (χ4n) is 2.95. The maximum absolute atomic E-state index is 11.5. The van der Waals surface area contributed by atoms with Gasteiger partial charge >= 0.3 is 0 Å². The first kappa shape index (κ1) is 15.4. The van der Waals surface area contributed by atoms with Crippen LogP contribution in [0.1, 0.15) is 25.2 Å². The lowest BCUT2D eigenvalue weighted by Crippen LogP contribution is -2.60. The van der Waals surface area contributed by atoms with Gasteiger partial charge in [0, 0.05) is 26.0 Å². The van der Waals surface area contributed by atoms with Crippen LogP contribution in [0, 0.1) is 0 Å². The predicted molar refractivity (Wildman–Crippen MR) is 77.9 cm³/mol. The van der Waals surface area contributed by atoms with Crippen molar-refractivity contribution in [2.75, 3.05) is 13.7 Å². The van der Waals surface area contributed by atoms with Gasteiger partial charge in [0.25, 0.3) is 0 Å². The predicted octanol–water partition coefficient (Wildman–Crippen LogP) is 1.37. The molecule has 0 saturated carbocycles. The van der Waals surface area contributed by atoms with E-state index >= 15 is 0 Å². The SMILES string of the molecule is CO[C@@H]1C[C@H](NC(C)=O)[C@@H]2O[C@H](c3ccccc3)OC[C@@H]2O1. The van der Waals surface area contributed by atoms with Crippen LogP contribution in [0.5, 0.6) is 0 Å². The Morgan fingerprint density at radius 2 is 2.05 bits per heavy atom. The van der Waals surface area contributed by atoms with Gasteiger partial charge in [0.15, 0.2) is 12.6 Å². The van der Waals surface area contributed by atoms with Crippen molar-refractivity contribution in [1.82, 2.24) is 5.32 Å². The third-order valence-corrected chi connectivity index (χ3v) is 3.95. The summed E-state index contributed by atoms with van der Waals surface area (Å²) in [4.78, 5) is 11.5. The van der Waals surface area contributed by atoms with Gasteiger partial charge in [-0.15, -0.1) is 0 Å². The van der Waals surface area contributed by atoms with Gasteiger partial charge < -0.3 is 24.3 Å². The summed E-state index contributed by atoms with van der Waals surface area (Å²) in [6.07, 6.45) is -0.761. The highest BCUT2D eigenvalue weighted by Gasteiger charge is 2.44. The second-order valence-corrected chi connectivity index (χ2v) is 5.56. The average molecular weight is 307 g/mol. The van der Waals surface area contributed by atoms with Crippen molar-refractivity contribution in [2.45, 2.75) is 44.2 Å². The van der Waals surface area contributed by atoms with E-state index in [1.54, 1.807) is 7.11 Å². The molecule has 5 atom stereocenters. The van der Waals surface area contributed by atoms with E-state index in [0.29, 0.717) is 13.0 Å². The van der Waals surface area contributed by atoms with Gasteiger partial charge in [-0.25, -0.2) is 0 Å². The lowest BCUT2D eigenvalue weighted by molar-refractivity contribution is -0.319. The van der Waals surface area contributed by atoms with Gasteiger partial charge in [-0.05, 0) is 0 Å². The zero-order valence-electron chi connectivity index (χ0n) is 12.7. The number of ether oxygens (including phenoxy) is 4. The van der Waals surface area contributed by atoms with Crippen molar-refractivity contribution < 1.29 is 23.7 Å². The minimum absolute atomic E-state index is 0.0909. The van der Waals surface area contributed by atoms with E-state index in [4.69, 9.17) is 18.9 Å². The van der Waals surface area contributed by atoms with Gasteiger partial charge in [-0.2, -0.15) is 0 Å². The highest BCUT2D eigenvalue weighted by atomic mass is 16.7. The largest absolute Gasteiger partial charge is 0.356 e. The Morgan fingerprint density at radius 1 is 1.27 bits per heavy atom. The quantitative estimate of drug-likeness (QED) is 0.913. The van der Waals surface area contributed by atoms with Crippen molar-refractivity contribution >= 4 is 5.91 Å². The standard InChI is InChI=1S/C16H21NO5/c1-10(18)17-12-8-14(19-2)21-13-9-20-16(22-15(12)13)11-6-4-3-5-7-11/h3-7,12-16H,8-9H2,1-2H3,(H,17,18)/t12-,13-,14-,15-,16+/m0/s1. The molecular weight excluding hydrogens is 286 g/mol. The number of methoxy groups -OCH3 is 1. The van der Waals surface area contributed by atoms with Crippen LogP contribution in [0.3, 0.4) is 0 Å². The van der Waals surface area contributed by atoms with Crippen molar-refractivity contribution in [3.63, 3.8) is 0 Å². The molecule has 0 bridgehead atoms. The lowest BCUT2D eigenvalue weighted by Gasteiger charge is -2.45. The van der Waals surface area contributed by atoms with Crippen LogP contribution in [-0.2, 0) is 23.7 Å². The van der Waals surface area contributed by atoms with Gasteiger partial charge in [0.1, 0.15) is 12.2 Å². The minimum Gasteiger partial charge on any atom is -0.356 e. The Balaban J connectivity index is 1.75. The molecule has 120 valence electrons. The molecule has 0 spiro atoms. The summed E-state index contributed by atoms with van der Waals surface area (Å²) in [5, 5.41) is 2.94. The molecule has 6 heteroatoms. The molecule has 2 saturated heterocycles. The zero-order chi connectivity index (χ0) is 15.5. The minimum atomic E-state index is -0.443. The number of benzene rings is 1. The highest BCUT2D eigenvalue weighted by Crippen LogP contribution is 2.33. The van der Waals surface area contributed by atoms with Crippen LogP contribution in [0.25, 0.3) is 0 Å². The third kappa shape index (κ3) is 3.30. The molecule has 1 amide bonds. The van der Waals surface area contributed by atoms with E-state index in [-0.39, 0.29) is 30.4 Å². The lowest BCUT2D eigenvalue weighted by atomic mass is 9.97. The summed E-state index contributed by atoms with van der Waals surface area (Å²) in [6.45, 7) is 1.90. The van der Waals surface area contributed by atoms with Crippen LogP contribution in [0.15, 0.2) is 30.3 Å². The number of hydrogen-bond donors (Lipinski definition) is 1. The molecule has 0 aliphatic carbocycles. The van der Waals surface area contributed by atoms with Gasteiger partial charge in [-0.3, -0.25) is 4.79 Å². The number of nitrogens with one attached hydrogen (secondary N) is 1. The molecular formula is C16H21NO5. The molecule has 2 aliphatic rings. The molecule has 0 unspecified atom stereocenters. The summed E-state index contributed by atoms with van der Waals surface area (Å²) in [7, 11) is 1.59. The molecule has 1 aromatic rings. The third-order valence-electron chi connectivity index (χ3n) is 3.95. The number of fused-ring (bicyclic) bond motifs is 1. The van der Waals surface area contributed by atoms with Gasteiger partial charge in [0.05, 0.1) is 12.6 Å². The summed E-state index contributed by atoms with van der Waals surface area (Å²) in [5.41, 5.74) is 0.955. The smallest absolute Gasteiger partial charge is 0.217 e. The van der Waals surface area contributed by atoms with E-state index in [1.807, 2.05) is 30.3 Å². The molecule has 0 aromatic heterocycles. The number of amides is 1. The summed E-state index contributed by atoms with van der Waals surface area (Å²) < 4.78 is 22.9. The number of carbonyl (C=O) groups is 1. The van der Waals surface area contributed by atoms with Gasteiger partial charge in [-0.1, -0.05) is 30.3 Å². The Hall–Kier alpha value is -1.47. The molecule has 6 nitrogen and oxygen atoms in total. The van der Waals surface area contributed by atoms with Crippen molar-refractivity contribution in [2.24, 2.45) is 0 Å². The van der Waals surface area contributed by atoms with E-state index in [1.165, 1.54) is 6.92 Å². The fourth-order valence-corrected chi connectivity index (χ4v) is 2.95. The molecule has 3 rings (SSSR count). The Labute approximate surface area is 129 Å². The van der Waals surface area contributed by atoms with Gasteiger partial charge in [0.2, 0.25) is 5.91 Å². The van der Waals surface area contributed by atoms with Crippen molar-refractivity contribution in [1.29, 1.82) is 0 Å². The second kappa shape index (κ2) is 6.75. The molecule has 22 heavy (non-hydrogen) atoms. The first-order valence-corrected chi connectivity index (χ1v) is 7.44. The van der Waals surface area contributed by atoms with Crippen LogP contribution in [0.4, 0.5) is 0 Å². The van der Waals surface area contributed by atoms with Crippen LogP contribution >= 0.6 is 0 Å². The van der Waals surface area contributed by atoms with Crippen molar-refractivity contribution in [3.05, 3.63) is 35.9 Å². The molecule has 1 N–H and O–H groups in total. The van der Waals surface area contributed by atoms with E-state index in [9.17, 15) is 4.79 Å². The second-order valence-electron chi connectivity index (χ2n) is 5.56. The summed E-state index contributed by atoms with van der Waals surface area (Å²) >= 11 is 0. The molecule has 0 radical (unpaired) electrons. The fraction of sp³-hybridized carbons (Fsp3) is 0.562. The summed E-state index contributed by atoms with van der Waals surface area (Å²) in [5.74, 6) is -0.0909. The normalized spacial score (nSPS) is 34.7. The van der Waals surface area contributed by atoms with Crippen LogP contribution < -0.4 is 5.32 Å². The maximum atomic E-state index is 11.5.